The molecule has 1 N–H and O–H groups in total. The van der Waals surface area contributed by atoms with E-state index in [1.165, 1.54) is 4.88 Å². The van der Waals surface area contributed by atoms with E-state index in [1.54, 1.807) is 29.8 Å². The Labute approximate surface area is 169 Å². The quantitative estimate of drug-likeness (QED) is 0.429. The van der Waals surface area contributed by atoms with Gasteiger partial charge in [-0.05, 0) is 55.0 Å². The average molecular weight is 438 g/mol. The van der Waals surface area contributed by atoms with Crippen LogP contribution < -0.4 is 5.32 Å². The number of amides is 1. The minimum absolute atomic E-state index is 0.179. The number of thiophene rings is 1. The summed E-state index contributed by atoms with van der Waals surface area (Å²) in [6.07, 6.45) is 4.29. The normalized spacial score (nSPS) is 10.9. The highest BCUT2D eigenvalue weighted by Gasteiger charge is 2.16. The van der Waals surface area contributed by atoms with Crippen molar-refractivity contribution < 1.29 is 4.79 Å². The van der Waals surface area contributed by atoms with Gasteiger partial charge in [0.1, 0.15) is 0 Å². The zero-order valence-corrected chi connectivity index (χ0v) is 17.0. The van der Waals surface area contributed by atoms with E-state index < -0.39 is 0 Å². The van der Waals surface area contributed by atoms with Gasteiger partial charge >= 0.3 is 0 Å². The Kier molecular flexibility index (Phi) is 5.01. The molecule has 4 aromatic rings. The molecule has 0 bridgehead atoms. The fraction of sp³-hybridized carbons (Fsp3) is 0.0952. The third-order valence-corrected chi connectivity index (χ3v) is 5.94. The van der Waals surface area contributed by atoms with Gasteiger partial charge in [-0.1, -0.05) is 22.9 Å². The van der Waals surface area contributed by atoms with Crippen LogP contribution in [0.25, 0.3) is 21.5 Å². The smallest absolute Gasteiger partial charge is 0.256 e. The molecular weight excluding hydrogens is 422 g/mol. The van der Waals surface area contributed by atoms with Crippen molar-refractivity contribution in [1.82, 2.24) is 9.97 Å². The summed E-state index contributed by atoms with van der Waals surface area (Å²) >= 11 is 5.20. The molecule has 0 unspecified atom stereocenters. The van der Waals surface area contributed by atoms with Crippen molar-refractivity contribution in [3.8, 4) is 10.6 Å². The maximum Gasteiger partial charge on any atom is 0.256 e. The highest BCUT2D eigenvalue weighted by Crippen LogP contribution is 2.31. The summed E-state index contributed by atoms with van der Waals surface area (Å²) in [4.78, 5) is 24.2. The Bertz CT molecular complexity index is 1120. The number of carbonyl (C=O) groups excluding carboxylic acids is 1. The number of aromatic nitrogens is 2. The average Bonchev–Trinajstić information content (AvgIpc) is 3.17. The van der Waals surface area contributed by atoms with E-state index in [9.17, 15) is 4.79 Å². The third kappa shape index (κ3) is 3.77. The maximum atomic E-state index is 13.0. The van der Waals surface area contributed by atoms with Gasteiger partial charge in [0.25, 0.3) is 5.91 Å². The van der Waals surface area contributed by atoms with Gasteiger partial charge in [-0.15, -0.1) is 11.3 Å². The van der Waals surface area contributed by atoms with Crippen LogP contribution in [0.3, 0.4) is 0 Å². The van der Waals surface area contributed by atoms with Crippen LogP contribution >= 0.6 is 27.3 Å². The second-order valence-corrected chi connectivity index (χ2v) is 8.12. The van der Waals surface area contributed by atoms with Crippen LogP contribution in [0, 0.1) is 0 Å². The zero-order valence-electron chi connectivity index (χ0n) is 14.6. The predicted molar refractivity (Wildman–Crippen MR) is 114 cm³/mol. The minimum atomic E-state index is -0.179. The van der Waals surface area contributed by atoms with Crippen molar-refractivity contribution in [3.05, 3.63) is 75.8 Å². The Morgan fingerprint density at radius 1 is 1.19 bits per heavy atom. The topological polar surface area (TPSA) is 54.9 Å². The van der Waals surface area contributed by atoms with Crippen LogP contribution in [0.4, 0.5) is 5.69 Å². The number of aryl methyl sites for hydroxylation is 1. The highest BCUT2D eigenvalue weighted by atomic mass is 79.9. The van der Waals surface area contributed by atoms with Crippen LogP contribution in [0.2, 0.25) is 0 Å². The molecule has 0 atom stereocenters. The van der Waals surface area contributed by atoms with Gasteiger partial charge < -0.3 is 5.32 Å². The maximum absolute atomic E-state index is 13.0. The first-order valence-electron chi connectivity index (χ1n) is 8.55. The molecule has 27 heavy (non-hydrogen) atoms. The Balaban J connectivity index is 1.83. The number of benzene rings is 1. The summed E-state index contributed by atoms with van der Waals surface area (Å²) in [6.45, 7) is 2.13. The molecule has 0 radical (unpaired) electrons. The molecule has 1 amide bonds. The fourth-order valence-electron chi connectivity index (χ4n) is 2.85. The summed E-state index contributed by atoms with van der Waals surface area (Å²) < 4.78 is 0.907. The predicted octanol–water partition coefficient (Wildman–Crippen LogP) is 5.94. The lowest BCUT2D eigenvalue weighted by Gasteiger charge is -2.10. The number of rotatable bonds is 4. The number of hydrogen-bond donors (Lipinski definition) is 1. The monoisotopic (exact) mass is 437 g/mol. The molecule has 4 rings (SSSR count). The van der Waals surface area contributed by atoms with Gasteiger partial charge in [0.05, 0.1) is 33.5 Å². The number of fused-ring (bicyclic) bond motifs is 1. The molecule has 3 aromatic heterocycles. The minimum Gasteiger partial charge on any atom is -0.321 e. The molecule has 3 heterocycles. The van der Waals surface area contributed by atoms with Gasteiger partial charge in [-0.25, -0.2) is 4.98 Å². The first kappa shape index (κ1) is 17.8. The fourth-order valence-corrected chi connectivity index (χ4v) is 4.12. The highest BCUT2D eigenvalue weighted by molar-refractivity contribution is 9.10. The van der Waals surface area contributed by atoms with E-state index in [0.29, 0.717) is 11.3 Å². The Morgan fingerprint density at radius 3 is 2.81 bits per heavy atom. The number of halogens is 1. The van der Waals surface area contributed by atoms with Crippen molar-refractivity contribution >= 4 is 49.8 Å². The van der Waals surface area contributed by atoms with Gasteiger partial charge in [-0.3, -0.25) is 9.78 Å². The summed E-state index contributed by atoms with van der Waals surface area (Å²) in [5, 5.41) is 3.73. The van der Waals surface area contributed by atoms with Crippen molar-refractivity contribution in [1.29, 1.82) is 0 Å². The number of nitrogens with one attached hydrogen (secondary N) is 1. The van der Waals surface area contributed by atoms with Crippen molar-refractivity contribution in [2.45, 2.75) is 13.3 Å². The van der Waals surface area contributed by atoms with E-state index in [2.05, 4.69) is 45.3 Å². The summed E-state index contributed by atoms with van der Waals surface area (Å²) in [5.74, 6) is -0.179. The van der Waals surface area contributed by atoms with E-state index in [4.69, 9.17) is 4.98 Å². The van der Waals surface area contributed by atoms with Crippen molar-refractivity contribution in [3.63, 3.8) is 0 Å². The molecule has 4 nitrogen and oxygen atoms in total. The number of carbonyl (C=O) groups is 1. The van der Waals surface area contributed by atoms with Crippen LogP contribution in [-0.2, 0) is 6.42 Å². The number of nitrogens with zero attached hydrogens (tertiary/aromatic N) is 2. The molecular formula is C21H16BrN3OS. The lowest BCUT2D eigenvalue weighted by Crippen LogP contribution is -2.13. The molecule has 1 aromatic carbocycles. The van der Waals surface area contributed by atoms with E-state index in [-0.39, 0.29) is 5.91 Å². The molecule has 0 aliphatic carbocycles. The molecule has 0 spiro atoms. The summed E-state index contributed by atoms with van der Waals surface area (Å²) in [6, 6.07) is 15.5. The molecule has 0 aliphatic heterocycles. The molecule has 6 heteroatoms. The standard InChI is InChI=1S/C21H16BrN3OS/c1-2-15-6-8-20(27-15)19-11-17(16-10-13(22)5-7-18(16)25-19)21(26)24-14-4-3-9-23-12-14/h3-12H,2H2,1H3,(H,24,26). The van der Waals surface area contributed by atoms with Gasteiger partial charge in [0.2, 0.25) is 0 Å². The number of anilines is 1. The Morgan fingerprint density at radius 2 is 2.07 bits per heavy atom. The third-order valence-electron chi connectivity index (χ3n) is 4.20. The SMILES string of the molecule is CCc1ccc(-c2cc(C(=O)Nc3cccnc3)c3cc(Br)ccc3n2)s1. The zero-order chi connectivity index (χ0) is 18.8. The van der Waals surface area contributed by atoms with Crippen molar-refractivity contribution in [2.24, 2.45) is 0 Å². The van der Waals surface area contributed by atoms with Gasteiger partial charge in [-0.2, -0.15) is 0 Å². The van der Waals surface area contributed by atoms with Crippen LogP contribution in [0.5, 0.6) is 0 Å². The second kappa shape index (κ2) is 7.58. The van der Waals surface area contributed by atoms with E-state index >= 15 is 0 Å². The number of hydrogen-bond acceptors (Lipinski definition) is 4. The van der Waals surface area contributed by atoms with E-state index in [1.807, 2.05) is 30.3 Å². The van der Waals surface area contributed by atoms with Gasteiger partial charge in [0, 0.05) is 20.9 Å². The Hall–Kier alpha value is -2.57. The van der Waals surface area contributed by atoms with Crippen LogP contribution in [-0.4, -0.2) is 15.9 Å². The lowest BCUT2D eigenvalue weighted by molar-refractivity contribution is 0.102. The molecule has 0 saturated carbocycles. The summed E-state index contributed by atoms with van der Waals surface area (Å²) in [5.41, 5.74) is 2.85. The number of pyridine rings is 2. The van der Waals surface area contributed by atoms with Crippen LogP contribution in [0.15, 0.2) is 65.4 Å². The molecule has 0 fully saturated rings. The van der Waals surface area contributed by atoms with E-state index in [0.717, 1.165) is 32.4 Å². The second-order valence-electron chi connectivity index (χ2n) is 6.03. The largest absolute Gasteiger partial charge is 0.321 e. The molecule has 0 aliphatic rings. The molecule has 0 saturated heterocycles. The first-order chi connectivity index (χ1) is 13.1. The van der Waals surface area contributed by atoms with Crippen LogP contribution in [0.1, 0.15) is 22.2 Å². The lowest BCUT2D eigenvalue weighted by atomic mass is 10.1. The molecule has 134 valence electrons. The first-order valence-corrected chi connectivity index (χ1v) is 10.2. The van der Waals surface area contributed by atoms with Crippen molar-refractivity contribution in [2.75, 3.05) is 5.32 Å². The summed E-state index contributed by atoms with van der Waals surface area (Å²) in [7, 11) is 0. The van der Waals surface area contributed by atoms with Gasteiger partial charge in [0.15, 0.2) is 0 Å².